The summed E-state index contributed by atoms with van der Waals surface area (Å²) in [7, 11) is 0. The van der Waals surface area contributed by atoms with Crippen LogP contribution in [0.1, 0.15) is 36.1 Å². The van der Waals surface area contributed by atoms with Gasteiger partial charge in [-0.1, -0.05) is 0 Å². The monoisotopic (exact) mass is 399 g/mol. The van der Waals surface area contributed by atoms with Gasteiger partial charge in [0.05, 0.1) is 17.1 Å². The van der Waals surface area contributed by atoms with Crippen molar-refractivity contribution in [2.45, 2.75) is 50.6 Å². The number of ether oxygens (including phenoxy) is 1. The third-order valence-electron chi connectivity index (χ3n) is 6.00. The average Bonchev–Trinajstić information content (AvgIpc) is 3.16. The molecule has 0 aromatic carbocycles. The van der Waals surface area contributed by atoms with Gasteiger partial charge in [0.25, 0.3) is 0 Å². The molecule has 1 aromatic heterocycles. The number of carboxylic acid groups (broad SMARTS) is 1. The molecule has 152 valence electrons. The summed E-state index contributed by atoms with van der Waals surface area (Å²) in [5.74, 6) is -0.173. The number of amides is 2. The highest BCUT2D eigenvalue weighted by Crippen LogP contribution is 2.49. The number of hydrogen-bond donors (Lipinski definition) is 2. The molecule has 1 aliphatic carbocycles. The zero-order valence-corrected chi connectivity index (χ0v) is 15.0. The molecule has 10 heteroatoms. The van der Waals surface area contributed by atoms with Crippen molar-refractivity contribution in [1.82, 2.24) is 15.2 Å². The van der Waals surface area contributed by atoms with Gasteiger partial charge in [-0.05, 0) is 30.9 Å². The van der Waals surface area contributed by atoms with Crippen LogP contribution in [0.15, 0.2) is 12.3 Å². The van der Waals surface area contributed by atoms with Gasteiger partial charge in [0.1, 0.15) is 0 Å². The fourth-order valence-corrected chi connectivity index (χ4v) is 4.70. The summed E-state index contributed by atoms with van der Waals surface area (Å²) in [4.78, 5) is 29.8. The molecule has 3 atom stereocenters. The van der Waals surface area contributed by atoms with Crippen LogP contribution in [0.25, 0.3) is 0 Å². The highest BCUT2D eigenvalue weighted by Gasteiger charge is 2.57. The van der Waals surface area contributed by atoms with Crippen LogP contribution < -0.4 is 5.32 Å². The summed E-state index contributed by atoms with van der Waals surface area (Å²) in [6.07, 6.45) is -3.55. The molecule has 4 rings (SSSR count). The Morgan fingerprint density at radius 3 is 2.89 bits per heavy atom. The Balaban J connectivity index is 1.55. The Kier molecular flexibility index (Phi) is 4.48. The van der Waals surface area contributed by atoms with Crippen LogP contribution >= 0.6 is 0 Å². The van der Waals surface area contributed by atoms with E-state index < -0.39 is 23.2 Å². The minimum absolute atomic E-state index is 0.0661. The molecule has 1 saturated heterocycles. The number of aromatic nitrogens is 1. The van der Waals surface area contributed by atoms with Crippen LogP contribution in [0.2, 0.25) is 0 Å². The Hall–Kier alpha value is -2.36. The SMILES string of the molecule is O=C(O)N[C@@H]1C[C@H]2OCC[C@@]2(C(=O)N2CCc3ncc(C(F)(F)F)cc3C2)C1. The number of hydrogen-bond acceptors (Lipinski definition) is 4. The third kappa shape index (κ3) is 3.19. The minimum atomic E-state index is -4.49. The number of alkyl halides is 3. The lowest BCUT2D eigenvalue weighted by atomic mass is 9.80. The highest BCUT2D eigenvalue weighted by atomic mass is 19.4. The largest absolute Gasteiger partial charge is 0.465 e. The predicted octanol–water partition coefficient (Wildman–Crippen LogP) is 2.19. The first-order chi connectivity index (χ1) is 13.2. The molecule has 0 bridgehead atoms. The highest BCUT2D eigenvalue weighted by molar-refractivity contribution is 5.85. The molecule has 7 nitrogen and oxygen atoms in total. The fourth-order valence-electron chi connectivity index (χ4n) is 4.70. The van der Waals surface area contributed by atoms with Crippen LogP contribution in [0.3, 0.4) is 0 Å². The van der Waals surface area contributed by atoms with Gasteiger partial charge in [-0.3, -0.25) is 9.78 Å². The van der Waals surface area contributed by atoms with Crippen molar-refractivity contribution in [3.63, 3.8) is 0 Å². The van der Waals surface area contributed by atoms with Gasteiger partial charge in [-0.2, -0.15) is 13.2 Å². The second-order valence-electron chi connectivity index (χ2n) is 7.66. The Morgan fingerprint density at radius 1 is 1.39 bits per heavy atom. The molecule has 2 aliphatic heterocycles. The summed E-state index contributed by atoms with van der Waals surface area (Å²) < 4.78 is 44.7. The number of pyridine rings is 1. The molecule has 1 saturated carbocycles. The normalized spacial score (nSPS) is 29.3. The molecular weight excluding hydrogens is 379 g/mol. The molecule has 2 N–H and O–H groups in total. The van der Waals surface area contributed by atoms with Crippen molar-refractivity contribution in [1.29, 1.82) is 0 Å². The second kappa shape index (κ2) is 6.61. The Bertz CT molecular complexity index is 816. The van der Waals surface area contributed by atoms with Crippen molar-refractivity contribution in [2.75, 3.05) is 13.2 Å². The van der Waals surface area contributed by atoms with Crippen molar-refractivity contribution in [2.24, 2.45) is 5.41 Å². The van der Waals surface area contributed by atoms with E-state index in [4.69, 9.17) is 9.84 Å². The van der Waals surface area contributed by atoms with E-state index >= 15 is 0 Å². The molecule has 2 fully saturated rings. The standard InChI is InChI=1S/C18H20F3N3O4/c19-18(20,21)11-5-10-9-24(3-1-13(10)22-8-11)15(25)17-2-4-28-14(17)6-12(7-17)23-16(26)27/h5,8,12,14,23H,1-4,6-7,9H2,(H,26,27)/t12-,14-,17-/m1/s1. The molecule has 2 amide bonds. The number of rotatable bonds is 2. The number of halogens is 3. The maximum atomic E-state index is 13.4. The number of nitrogens with one attached hydrogen (secondary N) is 1. The van der Waals surface area contributed by atoms with E-state index in [1.807, 2.05) is 0 Å². The van der Waals surface area contributed by atoms with Crippen molar-refractivity contribution in [3.8, 4) is 0 Å². The summed E-state index contributed by atoms with van der Waals surface area (Å²) >= 11 is 0. The lowest BCUT2D eigenvalue weighted by Gasteiger charge is -2.36. The van der Waals surface area contributed by atoms with E-state index in [0.717, 1.165) is 12.3 Å². The zero-order valence-electron chi connectivity index (χ0n) is 15.0. The molecule has 1 aromatic rings. The summed E-state index contributed by atoms with van der Waals surface area (Å²) in [6, 6.07) is 0.688. The lowest BCUT2D eigenvalue weighted by Crippen LogP contribution is -2.48. The van der Waals surface area contributed by atoms with Crippen molar-refractivity contribution in [3.05, 3.63) is 29.1 Å². The van der Waals surface area contributed by atoms with E-state index in [-0.39, 0.29) is 24.6 Å². The van der Waals surface area contributed by atoms with Crippen LogP contribution in [-0.2, 0) is 28.7 Å². The van der Waals surface area contributed by atoms with Gasteiger partial charge in [0.2, 0.25) is 5.91 Å². The van der Waals surface area contributed by atoms with E-state index in [1.165, 1.54) is 0 Å². The minimum Gasteiger partial charge on any atom is -0.465 e. The Labute approximate surface area is 158 Å². The lowest BCUT2D eigenvalue weighted by molar-refractivity contribution is -0.145. The number of nitrogens with zero attached hydrogens (tertiary/aromatic N) is 2. The van der Waals surface area contributed by atoms with Gasteiger partial charge in [-0.25, -0.2) is 4.79 Å². The second-order valence-corrected chi connectivity index (χ2v) is 7.66. The van der Waals surface area contributed by atoms with Gasteiger partial charge in [0.15, 0.2) is 0 Å². The van der Waals surface area contributed by atoms with E-state index in [0.29, 0.717) is 50.1 Å². The molecule has 0 spiro atoms. The van der Waals surface area contributed by atoms with E-state index in [1.54, 1.807) is 4.90 Å². The smallest absolute Gasteiger partial charge is 0.417 e. The van der Waals surface area contributed by atoms with Gasteiger partial charge in [-0.15, -0.1) is 0 Å². The molecule has 0 unspecified atom stereocenters. The van der Waals surface area contributed by atoms with E-state index in [9.17, 15) is 22.8 Å². The molecule has 3 aliphatic rings. The molecular formula is C18H20F3N3O4. The summed E-state index contributed by atoms with van der Waals surface area (Å²) in [5.41, 5.74) is -0.669. The van der Waals surface area contributed by atoms with Crippen molar-refractivity contribution < 1.29 is 32.6 Å². The molecule has 0 radical (unpaired) electrons. The average molecular weight is 399 g/mol. The van der Waals surface area contributed by atoms with Crippen LogP contribution in [0, 0.1) is 5.41 Å². The first kappa shape index (κ1) is 19.0. The topological polar surface area (TPSA) is 91.8 Å². The fraction of sp³-hybridized carbons (Fsp3) is 0.611. The quantitative estimate of drug-likeness (QED) is 0.796. The maximum Gasteiger partial charge on any atom is 0.417 e. The molecule has 3 heterocycles. The van der Waals surface area contributed by atoms with Crippen LogP contribution in [0.5, 0.6) is 0 Å². The van der Waals surface area contributed by atoms with Gasteiger partial charge in [0, 0.05) is 44.0 Å². The number of fused-ring (bicyclic) bond motifs is 2. The van der Waals surface area contributed by atoms with Crippen LogP contribution in [0.4, 0.5) is 18.0 Å². The van der Waals surface area contributed by atoms with E-state index in [2.05, 4.69) is 10.3 Å². The predicted molar refractivity (Wildman–Crippen MR) is 89.3 cm³/mol. The number of carbonyl (C=O) groups is 2. The summed E-state index contributed by atoms with van der Waals surface area (Å²) in [6.45, 7) is 0.854. The van der Waals surface area contributed by atoms with Gasteiger partial charge >= 0.3 is 12.3 Å². The summed E-state index contributed by atoms with van der Waals surface area (Å²) in [5, 5.41) is 11.4. The maximum absolute atomic E-state index is 13.4. The first-order valence-corrected chi connectivity index (χ1v) is 9.14. The Morgan fingerprint density at radius 2 is 2.18 bits per heavy atom. The molecule has 28 heavy (non-hydrogen) atoms. The van der Waals surface area contributed by atoms with Crippen molar-refractivity contribution >= 4 is 12.0 Å². The first-order valence-electron chi connectivity index (χ1n) is 9.14. The number of carbonyl (C=O) groups excluding carboxylic acids is 1. The zero-order chi connectivity index (χ0) is 20.1. The third-order valence-corrected chi connectivity index (χ3v) is 6.00. The van der Waals surface area contributed by atoms with Gasteiger partial charge < -0.3 is 20.1 Å². The van der Waals surface area contributed by atoms with Crippen LogP contribution in [-0.4, -0.2) is 52.3 Å².